The van der Waals surface area contributed by atoms with E-state index in [0.29, 0.717) is 12.4 Å². The van der Waals surface area contributed by atoms with E-state index in [2.05, 4.69) is 37.1 Å². The number of hydrogen-bond donors (Lipinski definition) is 2. The van der Waals surface area contributed by atoms with Gasteiger partial charge in [-0.3, -0.25) is 0 Å². The average Bonchev–Trinajstić information content (AvgIpc) is 2.64. The lowest BCUT2D eigenvalue weighted by Gasteiger charge is -2.03. The molecule has 0 radical (unpaired) electrons. The van der Waals surface area contributed by atoms with Crippen LogP contribution in [0.3, 0.4) is 0 Å². The average molecular weight is 231 g/mol. The second kappa shape index (κ2) is 4.59. The third-order valence-electron chi connectivity index (χ3n) is 2.79. The van der Waals surface area contributed by atoms with Crippen molar-refractivity contribution >= 4 is 5.82 Å². The van der Waals surface area contributed by atoms with E-state index in [1.165, 1.54) is 11.1 Å². The Morgan fingerprint density at radius 3 is 2.76 bits per heavy atom. The van der Waals surface area contributed by atoms with Gasteiger partial charge in [0.05, 0.1) is 18.8 Å². The summed E-state index contributed by atoms with van der Waals surface area (Å²) in [5.74, 6) is 0.579. The Bertz CT molecular complexity index is 531. The molecule has 0 atom stereocenters. The SMILES string of the molecule is Cc1ccc(C)c(-c2cc(N)n(CCO)n2)c1. The maximum Gasteiger partial charge on any atom is 0.122 e. The predicted molar refractivity (Wildman–Crippen MR) is 68.6 cm³/mol. The summed E-state index contributed by atoms with van der Waals surface area (Å²) in [4.78, 5) is 0. The molecular weight excluding hydrogens is 214 g/mol. The van der Waals surface area contributed by atoms with Crippen molar-refractivity contribution < 1.29 is 5.11 Å². The number of rotatable bonds is 3. The summed E-state index contributed by atoms with van der Waals surface area (Å²) in [6.45, 7) is 4.57. The van der Waals surface area contributed by atoms with Gasteiger partial charge in [0.2, 0.25) is 0 Å². The molecule has 0 aliphatic heterocycles. The fourth-order valence-electron chi connectivity index (χ4n) is 1.85. The Balaban J connectivity index is 2.45. The molecule has 0 unspecified atom stereocenters. The highest BCUT2D eigenvalue weighted by Gasteiger charge is 2.09. The number of aliphatic hydroxyl groups excluding tert-OH is 1. The summed E-state index contributed by atoms with van der Waals surface area (Å²) in [7, 11) is 0. The lowest BCUT2D eigenvalue weighted by atomic mass is 10.0. The van der Waals surface area contributed by atoms with E-state index in [1.54, 1.807) is 4.68 Å². The zero-order valence-corrected chi connectivity index (χ0v) is 10.1. The van der Waals surface area contributed by atoms with E-state index in [1.807, 2.05) is 6.07 Å². The van der Waals surface area contributed by atoms with Crippen LogP contribution in [0.4, 0.5) is 5.82 Å². The fourth-order valence-corrected chi connectivity index (χ4v) is 1.85. The highest BCUT2D eigenvalue weighted by atomic mass is 16.3. The smallest absolute Gasteiger partial charge is 0.122 e. The van der Waals surface area contributed by atoms with Crippen LogP contribution >= 0.6 is 0 Å². The molecule has 0 aliphatic rings. The minimum absolute atomic E-state index is 0.0398. The molecule has 3 N–H and O–H groups in total. The Hall–Kier alpha value is -1.81. The monoisotopic (exact) mass is 231 g/mol. The lowest BCUT2D eigenvalue weighted by molar-refractivity contribution is 0.270. The number of aliphatic hydroxyl groups is 1. The predicted octanol–water partition coefficient (Wildman–Crippen LogP) is 1.74. The minimum Gasteiger partial charge on any atom is -0.394 e. The number of aryl methyl sites for hydroxylation is 2. The Kier molecular flexibility index (Phi) is 3.15. The maximum absolute atomic E-state index is 8.91. The maximum atomic E-state index is 8.91. The van der Waals surface area contributed by atoms with Gasteiger partial charge in [0.25, 0.3) is 0 Å². The van der Waals surface area contributed by atoms with Gasteiger partial charge in [-0.1, -0.05) is 17.7 Å². The van der Waals surface area contributed by atoms with Crippen molar-refractivity contribution in [3.8, 4) is 11.3 Å². The number of benzene rings is 1. The Labute approximate surface area is 101 Å². The molecule has 1 aromatic heterocycles. The molecule has 4 nitrogen and oxygen atoms in total. The van der Waals surface area contributed by atoms with Crippen LogP contribution in [0.25, 0.3) is 11.3 Å². The van der Waals surface area contributed by atoms with Gasteiger partial charge in [0.1, 0.15) is 5.82 Å². The highest BCUT2D eigenvalue weighted by molar-refractivity contribution is 5.66. The molecule has 0 bridgehead atoms. The van der Waals surface area contributed by atoms with Crippen LogP contribution in [0.2, 0.25) is 0 Å². The van der Waals surface area contributed by atoms with E-state index < -0.39 is 0 Å². The molecule has 1 heterocycles. The van der Waals surface area contributed by atoms with Crippen LogP contribution in [0.5, 0.6) is 0 Å². The van der Waals surface area contributed by atoms with Crippen LogP contribution in [0, 0.1) is 13.8 Å². The summed E-state index contributed by atoms with van der Waals surface area (Å²) in [5, 5.41) is 13.3. The molecule has 0 saturated heterocycles. The van der Waals surface area contributed by atoms with Crippen LogP contribution in [-0.2, 0) is 6.54 Å². The molecule has 0 saturated carbocycles. The number of hydrogen-bond acceptors (Lipinski definition) is 3. The zero-order chi connectivity index (χ0) is 12.4. The van der Waals surface area contributed by atoms with Gasteiger partial charge in [0, 0.05) is 11.6 Å². The summed E-state index contributed by atoms with van der Waals surface area (Å²) < 4.78 is 1.62. The number of nitrogens with zero attached hydrogens (tertiary/aromatic N) is 2. The summed E-state index contributed by atoms with van der Waals surface area (Å²) in [5.41, 5.74) is 10.2. The first-order chi connectivity index (χ1) is 8.11. The summed E-state index contributed by atoms with van der Waals surface area (Å²) >= 11 is 0. The molecule has 0 spiro atoms. The second-order valence-electron chi connectivity index (χ2n) is 4.22. The van der Waals surface area contributed by atoms with Gasteiger partial charge < -0.3 is 10.8 Å². The van der Waals surface area contributed by atoms with Crippen LogP contribution in [0.15, 0.2) is 24.3 Å². The first kappa shape index (κ1) is 11.7. The van der Waals surface area contributed by atoms with Gasteiger partial charge >= 0.3 is 0 Å². The van der Waals surface area contributed by atoms with E-state index in [0.717, 1.165) is 11.3 Å². The van der Waals surface area contributed by atoms with Crippen molar-refractivity contribution in [1.29, 1.82) is 0 Å². The summed E-state index contributed by atoms with van der Waals surface area (Å²) in [6, 6.07) is 8.09. The largest absolute Gasteiger partial charge is 0.394 e. The highest BCUT2D eigenvalue weighted by Crippen LogP contribution is 2.24. The molecule has 2 aromatic rings. The third-order valence-corrected chi connectivity index (χ3v) is 2.79. The molecule has 2 rings (SSSR count). The molecule has 0 fully saturated rings. The van der Waals surface area contributed by atoms with Crippen molar-refractivity contribution in [3.05, 3.63) is 35.4 Å². The number of aromatic nitrogens is 2. The second-order valence-corrected chi connectivity index (χ2v) is 4.22. The lowest BCUT2D eigenvalue weighted by Crippen LogP contribution is -2.07. The van der Waals surface area contributed by atoms with Crippen molar-refractivity contribution in [3.63, 3.8) is 0 Å². The Morgan fingerprint density at radius 2 is 2.06 bits per heavy atom. The van der Waals surface area contributed by atoms with Gasteiger partial charge in [-0.15, -0.1) is 0 Å². The van der Waals surface area contributed by atoms with E-state index in [4.69, 9.17) is 10.8 Å². The molecule has 90 valence electrons. The zero-order valence-electron chi connectivity index (χ0n) is 10.1. The van der Waals surface area contributed by atoms with Gasteiger partial charge in [-0.2, -0.15) is 5.10 Å². The van der Waals surface area contributed by atoms with E-state index in [-0.39, 0.29) is 6.61 Å². The van der Waals surface area contributed by atoms with Gasteiger partial charge in [-0.25, -0.2) is 4.68 Å². The topological polar surface area (TPSA) is 64.1 Å². The van der Waals surface area contributed by atoms with Crippen LogP contribution in [0.1, 0.15) is 11.1 Å². The standard InChI is InChI=1S/C13H17N3O/c1-9-3-4-10(2)11(7-9)12-8-13(14)16(15-12)5-6-17/h3-4,7-8,17H,5-6,14H2,1-2H3. The summed E-state index contributed by atoms with van der Waals surface area (Å²) in [6.07, 6.45) is 0. The Morgan fingerprint density at radius 1 is 1.29 bits per heavy atom. The number of nitrogens with two attached hydrogens (primary N) is 1. The molecule has 17 heavy (non-hydrogen) atoms. The normalized spacial score (nSPS) is 10.8. The van der Waals surface area contributed by atoms with Crippen LogP contribution in [-0.4, -0.2) is 21.5 Å². The first-order valence-electron chi connectivity index (χ1n) is 5.63. The van der Waals surface area contributed by atoms with Crippen LogP contribution < -0.4 is 5.73 Å². The quantitative estimate of drug-likeness (QED) is 0.845. The van der Waals surface area contributed by atoms with Crippen molar-refractivity contribution in [2.24, 2.45) is 0 Å². The molecule has 0 aliphatic carbocycles. The van der Waals surface area contributed by atoms with Gasteiger partial charge in [0.15, 0.2) is 0 Å². The van der Waals surface area contributed by atoms with Crippen molar-refractivity contribution in [2.45, 2.75) is 20.4 Å². The van der Waals surface area contributed by atoms with Crippen molar-refractivity contribution in [1.82, 2.24) is 9.78 Å². The van der Waals surface area contributed by atoms with E-state index in [9.17, 15) is 0 Å². The number of nitrogen functional groups attached to an aromatic ring is 1. The molecule has 1 aromatic carbocycles. The fraction of sp³-hybridized carbons (Fsp3) is 0.308. The number of anilines is 1. The van der Waals surface area contributed by atoms with Crippen molar-refractivity contribution in [2.75, 3.05) is 12.3 Å². The van der Waals surface area contributed by atoms with Gasteiger partial charge in [-0.05, 0) is 25.5 Å². The third kappa shape index (κ3) is 2.31. The molecule has 4 heteroatoms. The van der Waals surface area contributed by atoms with E-state index >= 15 is 0 Å². The molecule has 0 amide bonds. The molecular formula is C13H17N3O. The minimum atomic E-state index is 0.0398. The first-order valence-corrected chi connectivity index (χ1v) is 5.63.